The van der Waals surface area contributed by atoms with E-state index >= 15 is 0 Å². The summed E-state index contributed by atoms with van der Waals surface area (Å²) in [5.74, 6) is -3.24. The molecule has 2 spiro atoms. The summed E-state index contributed by atoms with van der Waals surface area (Å²) in [5.41, 5.74) is -0.644. The Labute approximate surface area is 79.5 Å². The van der Waals surface area contributed by atoms with Crippen molar-refractivity contribution in [3.05, 3.63) is 0 Å². The smallest absolute Gasteiger partial charge is 0.397 e. The summed E-state index contributed by atoms with van der Waals surface area (Å²) >= 11 is 0. The van der Waals surface area contributed by atoms with Crippen LogP contribution >= 0.6 is 0 Å². The monoisotopic (exact) mass is 199 g/mol. The lowest BCUT2D eigenvalue weighted by atomic mass is 9.88. The number of carbonyl (C=O) groups is 2. The van der Waals surface area contributed by atoms with Gasteiger partial charge >= 0.3 is 17.8 Å². The van der Waals surface area contributed by atoms with Gasteiger partial charge in [-0.25, -0.2) is 14.9 Å². The Morgan fingerprint density at radius 3 is 2.36 bits per heavy atom. The molecule has 0 radical (unpaired) electrons. The zero-order valence-electron chi connectivity index (χ0n) is 7.37. The second kappa shape index (κ2) is 2.26. The highest BCUT2D eigenvalue weighted by Crippen LogP contribution is 2.45. The zero-order valence-corrected chi connectivity index (χ0v) is 7.37. The Bertz CT molecular complexity index is 304. The fraction of sp³-hybridized carbons (Fsp3) is 0.750. The van der Waals surface area contributed by atoms with Crippen molar-refractivity contribution >= 4 is 11.9 Å². The van der Waals surface area contributed by atoms with E-state index in [9.17, 15) is 9.59 Å². The van der Waals surface area contributed by atoms with E-state index in [-0.39, 0.29) is 0 Å². The minimum Gasteiger partial charge on any atom is -0.397 e. The molecule has 0 aliphatic carbocycles. The van der Waals surface area contributed by atoms with E-state index < -0.39 is 23.5 Å². The van der Waals surface area contributed by atoms with Gasteiger partial charge in [-0.3, -0.25) is 0 Å². The molecule has 0 bridgehead atoms. The van der Waals surface area contributed by atoms with Crippen LogP contribution in [0.2, 0.25) is 0 Å². The van der Waals surface area contributed by atoms with Crippen LogP contribution in [0.3, 0.4) is 0 Å². The van der Waals surface area contributed by atoms with E-state index in [0.29, 0.717) is 13.2 Å². The van der Waals surface area contributed by atoms with Crippen molar-refractivity contribution in [2.45, 2.75) is 24.4 Å². The average molecular weight is 199 g/mol. The number of ether oxygens (including phenoxy) is 3. The Morgan fingerprint density at radius 2 is 1.93 bits per heavy atom. The molecule has 3 aliphatic heterocycles. The van der Waals surface area contributed by atoms with Gasteiger partial charge in [0.1, 0.15) is 0 Å². The molecule has 0 aromatic rings. The highest BCUT2D eigenvalue weighted by molar-refractivity contribution is 6.31. The third kappa shape index (κ3) is 0.737. The first-order chi connectivity index (χ1) is 6.68. The summed E-state index contributed by atoms with van der Waals surface area (Å²) in [6, 6.07) is 0. The Balaban J connectivity index is 1.91. The topological polar surface area (TPSA) is 73.9 Å². The van der Waals surface area contributed by atoms with E-state index in [2.05, 4.69) is 5.32 Å². The molecular weight excluding hydrogens is 190 g/mol. The van der Waals surface area contributed by atoms with Crippen LogP contribution in [-0.2, 0) is 23.8 Å². The van der Waals surface area contributed by atoms with E-state index in [4.69, 9.17) is 14.2 Å². The van der Waals surface area contributed by atoms with Gasteiger partial charge in [0.25, 0.3) is 0 Å². The molecule has 3 aliphatic rings. The molecule has 3 fully saturated rings. The Kier molecular flexibility index (Phi) is 1.32. The third-order valence-electron chi connectivity index (χ3n) is 2.95. The van der Waals surface area contributed by atoms with Crippen LogP contribution in [-0.4, -0.2) is 36.6 Å². The van der Waals surface area contributed by atoms with Crippen molar-refractivity contribution < 1.29 is 23.8 Å². The molecule has 0 amide bonds. The Hall–Kier alpha value is -1.14. The van der Waals surface area contributed by atoms with Crippen LogP contribution in [0.1, 0.15) is 12.8 Å². The summed E-state index contributed by atoms with van der Waals surface area (Å²) in [4.78, 5) is 21.9. The van der Waals surface area contributed by atoms with Gasteiger partial charge in [0, 0.05) is 13.2 Å². The summed E-state index contributed by atoms with van der Waals surface area (Å²) in [7, 11) is 0. The van der Waals surface area contributed by atoms with Gasteiger partial charge in [0.2, 0.25) is 0 Å². The van der Waals surface area contributed by atoms with Gasteiger partial charge in [-0.2, -0.15) is 0 Å². The maximum absolute atomic E-state index is 10.9. The van der Waals surface area contributed by atoms with E-state index in [1.807, 2.05) is 0 Å². The van der Waals surface area contributed by atoms with E-state index in [0.717, 1.165) is 12.8 Å². The maximum Gasteiger partial charge on any atom is 0.422 e. The molecule has 3 heterocycles. The number of esters is 2. The Morgan fingerprint density at radius 1 is 1.21 bits per heavy atom. The first kappa shape index (κ1) is 8.19. The van der Waals surface area contributed by atoms with Crippen molar-refractivity contribution in [1.82, 2.24) is 5.32 Å². The summed E-state index contributed by atoms with van der Waals surface area (Å²) in [6.07, 6.45) is 1.62. The number of rotatable bonds is 0. The fourth-order valence-electron chi connectivity index (χ4n) is 2.15. The summed E-state index contributed by atoms with van der Waals surface area (Å²) in [5, 5.41) is 2.80. The number of carbonyl (C=O) groups excluding carboxylic acids is 2. The molecular formula is C8H9NO5. The lowest BCUT2D eigenvalue weighted by molar-refractivity contribution is -0.325. The molecule has 0 saturated carbocycles. The second-order valence-corrected chi connectivity index (χ2v) is 3.70. The van der Waals surface area contributed by atoms with Gasteiger partial charge in [-0.05, 0) is 12.8 Å². The molecule has 1 atom stereocenters. The molecule has 3 rings (SSSR count). The number of fused-ring (bicyclic) bond motifs is 1. The predicted molar refractivity (Wildman–Crippen MR) is 40.8 cm³/mol. The maximum atomic E-state index is 10.9. The summed E-state index contributed by atoms with van der Waals surface area (Å²) in [6.45, 7) is 1.16. The molecule has 0 aromatic heterocycles. The second-order valence-electron chi connectivity index (χ2n) is 3.70. The van der Waals surface area contributed by atoms with E-state index in [1.54, 1.807) is 0 Å². The minimum absolute atomic E-state index is 0.549. The highest BCUT2D eigenvalue weighted by Gasteiger charge is 2.72. The van der Waals surface area contributed by atoms with Gasteiger partial charge < -0.3 is 14.2 Å². The van der Waals surface area contributed by atoms with Crippen LogP contribution in [0, 0.1) is 0 Å². The molecule has 6 heteroatoms. The normalized spacial score (nSPS) is 38.6. The quantitative estimate of drug-likeness (QED) is 0.394. The highest BCUT2D eigenvalue weighted by atomic mass is 16.8. The number of nitrogens with one attached hydrogen (secondary N) is 1. The zero-order chi connectivity index (χ0) is 9.81. The van der Waals surface area contributed by atoms with Gasteiger partial charge in [-0.1, -0.05) is 0 Å². The lowest BCUT2D eigenvalue weighted by Gasteiger charge is -2.50. The van der Waals surface area contributed by atoms with Crippen LogP contribution < -0.4 is 5.32 Å². The van der Waals surface area contributed by atoms with Gasteiger partial charge in [-0.15, -0.1) is 0 Å². The van der Waals surface area contributed by atoms with Crippen LogP contribution in [0.5, 0.6) is 0 Å². The first-order valence-corrected chi connectivity index (χ1v) is 4.53. The first-order valence-electron chi connectivity index (χ1n) is 4.53. The van der Waals surface area contributed by atoms with Crippen molar-refractivity contribution in [2.24, 2.45) is 0 Å². The van der Waals surface area contributed by atoms with Crippen LogP contribution in [0.4, 0.5) is 0 Å². The third-order valence-corrected chi connectivity index (χ3v) is 2.95. The lowest BCUT2D eigenvalue weighted by Crippen LogP contribution is -2.78. The predicted octanol–water partition coefficient (Wildman–Crippen LogP) is -1.11. The molecule has 14 heavy (non-hydrogen) atoms. The summed E-state index contributed by atoms with van der Waals surface area (Å²) < 4.78 is 15.3. The average Bonchev–Trinajstić information content (AvgIpc) is 2.73. The minimum atomic E-state index is -1.34. The van der Waals surface area contributed by atoms with Gasteiger partial charge in [0.05, 0.1) is 0 Å². The largest absolute Gasteiger partial charge is 0.422 e. The van der Waals surface area contributed by atoms with Crippen LogP contribution in [0.15, 0.2) is 0 Å². The van der Waals surface area contributed by atoms with Crippen molar-refractivity contribution in [1.29, 1.82) is 0 Å². The number of hydrogen-bond donors (Lipinski definition) is 1. The van der Waals surface area contributed by atoms with E-state index in [1.165, 1.54) is 0 Å². The molecule has 6 nitrogen and oxygen atoms in total. The van der Waals surface area contributed by atoms with Crippen LogP contribution in [0.25, 0.3) is 0 Å². The van der Waals surface area contributed by atoms with Gasteiger partial charge in [0.15, 0.2) is 5.60 Å². The molecule has 3 saturated heterocycles. The van der Waals surface area contributed by atoms with Crippen molar-refractivity contribution in [3.8, 4) is 0 Å². The molecule has 76 valence electrons. The molecule has 1 N–H and O–H groups in total. The van der Waals surface area contributed by atoms with Crippen molar-refractivity contribution in [3.63, 3.8) is 0 Å². The van der Waals surface area contributed by atoms with Crippen molar-refractivity contribution in [2.75, 3.05) is 13.2 Å². The SMILES string of the molecule is O=C1OC2(NCC23CCCO3)OC1=O. The molecule has 0 aromatic carbocycles. The molecule has 1 unspecified atom stereocenters. The fourth-order valence-corrected chi connectivity index (χ4v) is 2.15. The number of hydrogen-bond acceptors (Lipinski definition) is 6. The standard InChI is InChI=1S/C8H9NO5/c10-5-6(11)14-8(13-5)7(4-9-8)2-1-3-12-7/h9H,1-4H2.